The molecule has 0 aliphatic carbocycles. The summed E-state index contributed by atoms with van der Waals surface area (Å²) in [5.41, 5.74) is 12.2. The van der Waals surface area contributed by atoms with Gasteiger partial charge in [0.05, 0.1) is 23.9 Å². The van der Waals surface area contributed by atoms with E-state index in [2.05, 4.69) is 5.32 Å². The molecule has 0 spiro atoms. The number of hydrogen-bond acceptors (Lipinski definition) is 4. The van der Waals surface area contributed by atoms with Crippen molar-refractivity contribution >= 4 is 23.2 Å². The number of primary amides is 1. The fourth-order valence-electron chi connectivity index (χ4n) is 1.87. The molecular weight excluding hydrogens is 270 g/mol. The first-order valence-electron chi connectivity index (χ1n) is 6.16. The van der Waals surface area contributed by atoms with Crippen LogP contribution in [-0.4, -0.2) is 18.9 Å². The SMILES string of the molecule is COc1ccc(C(=O)Nc2ccccc2C(N)=O)c(N)c1. The van der Waals surface area contributed by atoms with Crippen LogP contribution in [0, 0.1) is 0 Å². The third-order valence-corrected chi connectivity index (χ3v) is 2.94. The minimum Gasteiger partial charge on any atom is -0.497 e. The maximum Gasteiger partial charge on any atom is 0.257 e. The van der Waals surface area contributed by atoms with Crippen LogP contribution in [0.4, 0.5) is 11.4 Å². The van der Waals surface area contributed by atoms with Crippen LogP contribution in [0.3, 0.4) is 0 Å². The monoisotopic (exact) mass is 285 g/mol. The van der Waals surface area contributed by atoms with Crippen LogP contribution in [-0.2, 0) is 0 Å². The maximum absolute atomic E-state index is 12.2. The summed E-state index contributed by atoms with van der Waals surface area (Å²) in [4.78, 5) is 23.5. The Morgan fingerprint density at radius 1 is 1.10 bits per heavy atom. The van der Waals surface area contributed by atoms with Crippen molar-refractivity contribution in [3.8, 4) is 5.75 Å². The Bertz CT molecular complexity index is 698. The van der Waals surface area contributed by atoms with E-state index in [-0.39, 0.29) is 16.8 Å². The molecule has 6 nitrogen and oxygen atoms in total. The smallest absolute Gasteiger partial charge is 0.257 e. The fourth-order valence-corrected chi connectivity index (χ4v) is 1.87. The number of hydrogen-bond donors (Lipinski definition) is 3. The molecule has 2 rings (SSSR count). The average molecular weight is 285 g/mol. The zero-order valence-electron chi connectivity index (χ0n) is 11.4. The highest BCUT2D eigenvalue weighted by Gasteiger charge is 2.14. The van der Waals surface area contributed by atoms with Crippen LogP contribution in [0.1, 0.15) is 20.7 Å². The van der Waals surface area contributed by atoms with Crippen LogP contribution in [0.15, 0.2) is 42.5 Å². The van der Waals surface area contributed by atoms with Crippen molar-refractivity contribution in [3.63, 3.8) is 0 Å². The molecule has 2 aromatic rings. The molecule has 21 heavy (non-hydrogen) atoms. The minimum absolute atomic E-state index is 0.234. The normalized spacial score (nSPS) is 9.95. The number of amides is 2. The number of ether oxygens (including phenoxy) is 1. The molecule has 0 unspecified atom stereocenters. The van der Waals surface area contributed by atoms with Gasteiger partial charge in [0, 0.05) is 11.8 Å². The maximum atomic E-state index is 12.2. The molecule has 0 aromatic heterocycles. The molecule has 2 amide bonds. The van der Waals surface area contributed by atoms with Crippen LogP contribution in [0.5, 0.6) is 5.75 Å². The van der Waals surface area contributed by atoms with Gasteiger partial charge in [0.25, 0.3) is 11.8 Å². The van der Waals surface area contributed by atoms with Crippen molar-refractivity contribution in [1.82, 2.24) is 0 Å². The average Bonchev–Trinajstić information content (AvgIpc) is 2.47. The summed E-state index contributed by atoms with van der Waals surface area (Å²) in [5, 5.41) is 2.63. The number of para-hydroxylation sites is 1. The third-order valence-electron chi connectivity index (χ3n) is 2.94. The number of nitrogens with one attached hydrogen (secondary N) is 1. The fraction of sp³-hybridized carbons (Fsp3) is 0.0667. The number of carbonyl (C=O) groups excluding carboxylic acids is 2. The molecule has 6 heteroatoms. The number of benzene rings is 2. The Morgan fingerprint density at radius 2 is 1.81 bits per heavy atom. The van der Waals surface area contributed by atoms with Gasteiger partial charge in [-0.3, -0.25) is 9.59 Å². The Hall–Kier alpha value is -3.02. The molecule has 0 aliphatic heterocycles. The highest BCUT2D eigenvalue weighted by atomic mass is 16.5. The largest absolute Gasteiger partial charge is 0.497 e. The lowest BCUT2D eigenvalue weighted by atomic mass is 10.1. The van der Waals surface area contributed by atoms with Crippen LogP contribution >= 0.6 is 0 Å². The van der Waals surface area contributed by atoms with Gasteiger partial charge in [-0.15, -0.1) is 0 Å². The number of nitrogens with two attached hydrogens (primary N) is 2. The Morgan fingerprint density at radius 3 is 2.43 bits per heavy atom. The van der Waals surface area contributed by atoms with Crippen LogP contribution in [0.2, 0.25) is 0 Å². The van der Waals surface area contributed by atoms with Crippen molar-refractivity contribution in [2.45, 2.75) is 0 Å². The first-order chi connectivity index (χ1) is 10.0. The van der Waals surface area contributed by atoms with Crippen molar-refractivity contribution in [3.05, 3.63) is 53.6 Å². The van der Waals surface area contributed by atoms with Gasteiger partial charge < -0.3 is 21.5 Å². The van der Waals surface area contributed by atoms with E-state index in [1.54, 1.807) is 36.4 Å². The first-order valence-corrected chi connectivity index (χ1v) is 6.16. The van der Waals surface area contributed by atoms with Crippen LogP contribution in [0.25, 0.3) is 0 Å². The quantitative estimate of drug-likeness (QED) is 0.742. The molecule has 0 heterocycles. The zero-order valence-corrected chi connectivity index (χ0v) is 11.4. The molecule has 0 atom stereocenters. The van der Waals surface area contributed by atoms with E-state index in [9.17, 15) is 9.59 Å². The molecule has 0 saturated heterocycles. The summed E-state index contributed by atoms with van der Waals surface area (Å²) in [6, 6.07) is 11.2. The molecule has 0 saturated carbocycles. The molecule has 5 N–H and O–H groups in total. The highest BCUT2D eigenvalue weighted by Crippen LogP contribution is 2.22. The van der Waals surface area contributed by atoms with E-state index >= 15 is 0 Å². The second-order valence-corrected chi connectivity index (χ2v) is 4.32. The zero-order chi connectivity index (χ0) is 15.4. The topological polar surface area (TPSA) is 107 Å². The standard InChI is InChI=1S/C15H15N3O3/c1-21-9-6-7-10(12(16)8-9)15(20)18-13-5-3-2-4-11(13)14(17)19/h2-8H,16H2,1H3,(H2,17,19)(H,18,20). The van der Waals surface area contributed by atoms with E-state index < -0.39 is 11.8 Å². The minimum atomic E-state index is -0.617. The van der Waals surface area contributed by atoms with Gasteiger partial charge in [-0.05, 0) is 24.3 Å². The summed E-state index contributed by atoms with van der Waals surface area (Å²) < 4.78 is 5.03. The van der Waals surface area contributed by atoms with Gasteiger partial charge in [0.2, 0.25) is 0 Å². The summed E-state index contributed by atoms with van der Waals surface area (Å²) in [7, 11) is 1.51. The van der Waals surface area contributed by atoms with Crippen molar-refractivity contribution in [2.75, 3.05) is 18.2 Å². The number of nitrogen functional groups attached to an aromatic ring is 1. The summed E-state index contributed by atoms with van der Waals surface area (Å²) in [6.07, 6.45) is 0. The van der Waals surface area contributed by atoms with E-state index in [0.717, 1.165) is 0 Å². The lowest BCUT2D eigenvalue weighted by Gasteiger charge is -2.11. The molecule has 108 valence electrons. The lowest BCUT2D eigenvalue weighted by Crippen LogP contribution is -2.19. The van der Waals surface area contributed by atoms with Crippen LogP contribution < -0.4 is 21.5 Å². The van der Waals surface area contributed by atoms with Gasteiger partial charge in [-0.2, -0.15) is 0 Å². The predicted molar refractivity (Wildman–Crippen MR) is 80.3 cm³/mol. The van der Waals surface area contributed by atoms with Gasteiger partial charge in [-0.1, -0.05) is 12.1 Å². The molecule has 2 aromatic carbocycles. The van der Waals surface area contributed by atoms with Gasteiger partial charge in [-0.25, -0.2) is 0 Å². The molecule has 0 radical (unpaired) electrons. The summed E-state index contributed by atoms with van der Waals surface area (Å²) in [6.45, 7) is 0. The second kappa shape index (κ2) is 5.96. The molecule has 0 bridgehead atoms. The van der Waals surface area contributed by atoms with Gasteiger partial charge >= 0.3 is 0 Å². The predicted octanol–water partition coefficient (Wildman–Crippen LogP) is 1.63. The number of anilines is 2. The lowest BCUT2D eigenvalue weighted by molar-refractivity contribution is 0.100. The Kier molecular flexibility index (Phi) is 4.08. The second-order valence-electron chi connectivity index (χ2n) is 4.32. The number of carbonyl (C=O) groups is 2. The summed E-state index contributed by atoms with van der Waals surface area (Å²) in [5.74, 6) is -0.487. The molecule has 0 aliphatic rings. The van der Waals surface area contributed by atoms with Gasteiger partial charge in [0.1, 0.15) is 5.75 Å². The number of methoxy groups -OCH3 is 1. The molecular formula is C15H15N3O3. The van der Waals surface area contributed by atoms with Crippen molar-refractivity contribution < 1.29 is 14.3 Å². The van der Waals surface area contributed by atoms with Crippen molar-refractivity contribution in [1.29, 1.82) is 0 Å². The van der Waals surface area contributed by atoms with E-state index in [1.807, 2.05) is 0 Å². The summed E-state index contributed by atoms with van der Waals surface area (Å²) >= 11 is 0. The Labute approximate surface area is 121 Å². The molecule has 0 fully saturated rings. The van der Waals surface area contributed by atoms with E-state index in [0.29, 0.717) is 11.4 Å². The number of rotatable bonds is 4. The highest BCUT2D eigenvalue weighted by molar-refractivity contribution is 6.11. The Balaban J connectivity index is 2.28. The van der Waals surface area contributed by atoms with E-state index in [1.165, 1.54) is 13.2 Å². The van der Waals surface area contributed by atoms with Crippen molar-refractivity contribution in [2.24, 2.45) is 5.73 Å². The van der Waals surface area contributed by atoms with E-state index in [4.69, 9.17) is 16.2 Å². The third kappa shape index (κ3) is 3.11. The van der Waals surface area contributed by atoms with Gasteiger partial charge in [0.15, 0.2) is 0 Å². The first kappa shape index (κ1) is 14.4.